The smallest absolute Gasteiger partial charge is 0.123 e. The highest BCUT2D eigenvalue weighted by atomic mass is 35.5. The van der Waals surface area contributed by atoms with Crippen molar-refractivity contribution in [2.75, 3.05) is 0 Å². The van der Waals surface area contributed by atoms with Gasteiger partial charge in [0.1, 0.15) is 5.82 Å². The molecule has 0 heterocycles. The topological polar surface area (TPSA) is 35.0 Å². The molecule has 13 heavy (non-hydrogen) atoms. The molecule has 1 aromatic carbocycles. The molecule has 1 saturated carbocycles. The predicted octanol–water partition coefficient (Wildman–Crippen LogP) is 3.36. The summed E-state index contributed by atoms with van der Waals surface area (Å²) in [5.41, 5.74) is 1.15. The molecule has 0 atom stereocenters. The molecular formula is C10H15ClFN. The summed E-state index contributed by atoms with van der Waals surface area (Å²) in [5.74, 6) is 0.736. The van der Waals surface area contributed by atoms with Gasteiger partial charge in [-0.25, -0.2) is 4.39 Å². The average Bonchev–Trinajstić information content (AvgIpc) is 2.71. The first kappa shape index (κ1) is 12.4. The monoisotopic (exact) mass is 203 g/mol. The van der Waals surface area contributed by atoms with Gasteiger partial charge >= 0.3 is 0 Å². The van der Waals surface area contributed by atoms with Crippen LogP contribution in [0.3, 0.4) is 0 Å². The van der Waals surface area contributed by atoms with E-state index in [0.29, 0.717) is 0 Å². The van der Waals surface area contributed by atoms with Crippen molar-refractivity contribution in [1.29, 1.82) is 0 Å². The molecule has 0 aliphatic heterocycles. The van der Waals surface area contributed by atoms with E-state index in [2.05, 4.69) is 0 Å². The number of rotatable bonds is 2. The van der Waals surface area contributed by atoms with Gasteiger partial charge in [0.05, 0.1) is 0 Å². The summed E-state index contributed by atoms with van der Waals surface area (Å²) in [4.78, 5) is 0. The van der Waals surface area contributed by atoms with E-state index in [1.54, 1.807) is 12.1 Å². The Kier molecular flexibility index (Phi) is 4.96. The van der Waals surface area contributed by atoms with E-state index >= 15 is 0 Å². The third kappa shape index (κ3) is 3.75. The molecule has 2 rings (SSSR count). The van der Waals surface area contributed by atoms with Crippen LogP contribution in [0.2, 0.25) is 0 Å². The molecule has 0 saturated heterocycles. The SMILES string of the molecule is Cl.Fc1cccc(CC2CC2)c1.N. The van der Waals surface area contributed by atoms with Crippen LogP contribution in [-0.2, 0) is 6.42 Å². The minimum atomic E-state index is -0.108. The fraction of sp³-hybridized carbons (Fsp3) is 0.400. The molecule has 1 aliphatic carbocycles. The minimum absolute atomic E-state index is 0. The van der Waals surface area contributed by atoms with E-state index in [4.69, 9.17) is 0 Å². The van der Waals surface area contributed by atoms with Gasteiger partial charge < -0.3 is 6.15 Å². The lowest BCUT2D eigenvalue weighted by molar-refractivity contribution is 0.624. The summed E-state index contributed by atoms with van der Waals surface area (Å²) in [6.07, 6.45) is 3.73. The Bertz CT molecular complexity index is 261. The maximum atomic E-state index is 12.6. The number of halogens is 2. The molecule has 74 valence electrons. The summed E-state index contributed by atoms with van der Waals surface area (Å²) in [6.45, 7) is 0. The van der Waals surface area contributed by atoms with Crippen molar-refractivity contribution in [1.82, 2.24) is 6.15 Å². The lowest BCUT2D eigenvalue weighted by Crippen LogP contribution is -1.86. The Balaban J connectivity index is 0.000000720. The van der Waals surface area contributed by atoms with Gasteiger partial charge in [0, 0.05) is 0 Å². The van der Waals surface area contributed by atoms with Crippen LogP contribution in [0.5, 0.6) is 0 Å². The quantitative estimate of drug-likeness (QED) is 0.786. The number of hydrogen-bond donors (Lipinski definition) is 1. The van der Waals surface area contributed by atoms with Gasteiger partial charge in [-0.2, -0.15) is 0 Å². The van der Waals surface area contributed by atoms with Crippen LogP contribution in [-0.4, -0.2) is 0 Å². The predicted molar refractivity (Wildman–Crippen MR) is 55.1 cm³/mol. The van der Waals surface area contributed by atoms with Crippen LogP contribution in [0.4, 0.5) is 4.39 Å². The van der Waals surface area contributed by atoms with Crippen LogP contribution in [0.25, 0.3) is 0 Å². The first-order valence-corrected chi connectivity index (χ1v) is 4.09. The van der Waals surface area contributed by atoms with Gasteiger partial charge in [0.2, 0.25) is 0 Å². The van der Waals surface area contributed by atoms with Crippen LogP contribution in [0.15, 0.2) is 24.3 Å². The summed E-state index contributed by atoms with van der Waals surface area (Å²) < 4.78 is 12.6. The highest BCUT2D eigenvalue weighted by molar-refractivity contribution is 5.85. The fourth-order valence-corrected chi connectivity index (χ4v) is 1.32. The van der Waals surface area contributed by atoms with E-state index in [-0.39, 0.29) is 24.4 Å². The Morgan fingerprint density at radius 2 is 2.00 bits per heavy atom. The van der Waals surface area contributed by atoms with Crippen molar-refractivity contribution in [3.05, 3.63) is 35.6 Å². The summed E-state index contributed by atoms with van der Waals surface area (Å²) in [6, 6.07) is 6.92. The van der Waals surface area contributed by atoms with E-state index in [0.717, 1.165) is 17.9 Å². The van der Waals surface area contributed by atoms with Crippen LogP contribution in [0, 0.1) is 11.7 Å². The molecule has 1 aromatic rings. The maximum Gasteiger partial charge on any atom is 0.123 e. The molecule has 0 aromatic heterocycles. The van der Waals surface area contributed by atoms with Crippen molar-refractivity contribution in [2.24, 2.45) is 5.92 Å². The first-order chi connectivity index (χ1) is 5.34. The normalized spacial score (nSPS) is 14.2. The standard InChI is InChI=1S/C10H11F.ClH.H3N/c11-10-3-1-2-9(7-10)6-8-4-5-8;;/h1-3,7-8H,4-6H2;1H;1H3. The van der Waals surface area contributed by atoms with Crippen molar-refractivity contribution in [2.45, 2.75) is 19.3 Å². The molecule has 1 aliphatic rings. The Morgan fingerprint density at radius 1 is 1.31 bits per heavy atom. The number of hydrogen-bond acceptors (Lipinski definition) is 1. The summed E-state index contributed by atoms with van der Waals surface area (Å²) in [5, 5.41) is 0. The second kappa shape index (κ2) is 5.20. The van der Waals surface area contributed by atoms with Crippen molar-refractivity contribution < 1.29 is 4.39 Å². The van der Waals surface area contributed by atoms with Gasteiger partial charge in [0.25, 0.3) is 0 Å². The van der Waals surface area contributed by atoms with Crippen molar-refractivity contribution in [3.8, 4) is 0 Å². The molecule has 0 amide bonds. The lowest BCUT2D eigenvalue weighted by atomic mass is 10.1. The zero-order chi connectivity index (χ0) is 7.68. The Hall–Kier alpha value is -0.600. The average molecular weight is 204 g/mol. The molecule has 0 spiro atoms. The number of benzene rings is 1. The summed E-state index contributed by atoms with van der Waals surface area (Å²) in [7, 11) is 0. The Labute approximate surface area is 84.3 Å². The van der Waals surface area contributed by atoms with Gasteiger partial charge in [-0.3, -0.25) is 0 Å². The second-order valence-corrected chi connectivity index (χ2v) is 3.28. The second-order valence-electron chi connectivity index (χ2n) is 3.28. The zero-order valence-corrected chi connectivity index (χ0v) is 8.32. The van der Waals surface area contributed by atoms with Crippen molar-refractivity contribution in [3.63, 3.8) is 0 Å². The van der Waals surface area contributed by atoms with Crippen LogP contribution < -0.4 is 6.15 Å². The summed E-state index contributed by atoms with van der Waals surface area (Å²) >= 11 is 0. The fourth-order valence-electron chi connectivity index (χ4n) is 1.32. The molecule has 1 fully saturated rings. The molecule has 0 unspecified atom stereocenters. The highest BCUT2D eigenvalue weighted by Crippen LogP contribution is 2.32. The highest BCUT2D eigenvalue weighted by Gasteiger charge is 2.21. The van der Waals surface area contributed by atoms with Crippen LogP contribution in [0.1, 0.15) is 18.4 Å². The van der Waals surface area contributed by atoms with E-state index in [9.17, 15) is 4.39 Å². The third-order valence-corrected chi connectivity index (χ3v) is 2.11. The Morgan fingerprint density at radius 3 is 2.54 bits per heavy atom. The molecule has 3 heteroatoms. The van der Waals surface area contributed by atoms with Crippen LogP contribution >= 0.6 is 12.4 Å². The van der Waals surface area contributed by atoms with Crippen molar-refractivity contribution >= 4 is 12.4 Å². The molecule has 1 nitrogen and oxygen atoms in total. The molecule has 0 bridgehead atoms. The maximum absolute atomic E-state index is 12.6. The third-order valence-electron chi connectivity index (χ3n) is 2.11. The van der Waals surface area contributed by atoms with E-state index < -0.39 is 0 Å². The molecular weight excluding hydrogens is 189 g/mol. The minimum Gasteiger partial charge on any atom is -0.344 e. The van der Waals surface area contributed by atoms with E-state index in [1.807, 2.05) is 6.07 Å². The van der Waals surface area contributed by atoms with Gasteiger partial charge in [-0.1, -0.05) is 12.1 Å². The first-order valence-electron chi connectivity index (χ1n) is 4.09. The van der Waals surface area contributed by atoms with Gasteiger partial charge in [-0.15, -0.1) is 12.4 Å². The largest absolute Gasteiger partial charge is 0.344 e. The zero-order valence-electron chi connectivity index (χ0n) is 7.50. The molecule has 3 N–H and O–H groups in total. The molecule has 0 radical (unpaired) electrons. The lowest BCUT2D eigenvalue weighted by Gasteiger charge is -1.97. The van der Waals surface area contributed by atoms with Gasteiger partial charge in [0.15, 0.2) is 0 Å². The van der Waals surface area contributed by atoms with Gasteiger partial charge in [-0.05, 0) is 42.9 Å². The van der Waals surface area contributed by atoms with E-state index in [1.165, 1.54) is 18.9 Å².